The van der Waals surface area contributed by atoms with Gasteiger partial charge in [-0.15, -0.1) is 0 Å². The molecule has 0 aliphatic carbocycles. The second-order valence-electron chi connectivity index (χ2n) is 5.08. The molecule has 1 unspecified atom stereocenters. The van der Waals surface area contributed by atoms with Crippen molar-refractivity contribution in [1.29, 1.82) is 0 Å². The number of amides is 1. The average molecular weight is 303 g/mol. The summed E-state index contributed by atoms with van der Waals surface area (Å²) in [6, 6.07) is 11.4. The predicted octanol–water partition coefficient (Wildman–Crippen LogP) is 4.10. The molecule has 0 spiro atoms. The Labute approximate surface area is 130 Å². The summed E-state index contributed by atoms with van der Waals surface area (Å²) in [5.74, 6) is -0.134. The molecule has 110 valence electrons. The topological polar surface area (TPSA) is 42.0 Å². The number of aryl methyl sites for hydroxylation is 2. The summed E-state index contributed by atoms with van der Waals surface area (Å²) in [6.45, 7) is 6.00. The highest BCUT2D eigenvalue weighted by Gasteiger charge is 2.14. The zero-order chi connectivity index (χ0) is 15.4. The summed E-state index contributed by atoms with van der Waals surface area (Å²) in [7, 11) is 0. The molecule has 1 atom stereocenters. The number of nitrogens with one attached hydrogen (secondary N) is 1. The van der Waals surface area contributed by atoms with Crippen molar-refractivity contribution in [3.05, 3.63) is 63.9 Å². The number of hydrogen-bond acceptors (Lipinski definition) is 2. The Balaban J connectivity index is 2.18. The molecule has 1 aromatic heterocycles. The fraction of sp³-hybridized carbons (Fsp3) is 0.294. The van der Waals surface area contributed by atoms with Crippen molar-refractivity contribution in [2.75, 3.05) is 0 Å². The van der Waals surface area contributed by atoms with Crippen molar-refractivity contribution in [2.45, 2.75) is 33.2 Å². The summed E-state index contributed by atoms with van der Waals surface area (Å²) < 4.78 is 0. The van der Waals surface area contributed by atoms with Gasteiger partial charge in [-0.1, -0.05) is 42.8 Å². The summed E-state index contributed by atoms with van der Waals surface area (Å²) in [5, 5.41) is 3.36. The molecule has 1 aromatic carbocycles. The number of benzene rings is 1. The van der Waals surface area contributed by atoms with E-state index >= 15 is 0 Å². The SMILES string of the molecule is CCc1cc(C(=O)NC(C)c2ccccc2C)cc(Cl)n1. The van der Waals surface area contributed by atoms with E-state index in [0.29, 0.717) is 10.7 Å². The molecule has 1 N–H and O–H groups in total. The van der Waals surface area contributed by atoms with Crippen LogP contribution in [0.25, 0.3) is 0 Å². The van der Waals surface area contributed by atoms with Gasteiger partial charge in [-0.3, -0.25) is 4.79 Å². The lowest BCUT2D eigenvalue weighted by atomic mass is 10.0. The number of pyridine rings is 1. The van der Waals surface area contributed by atoms with Crippen molar-refractivity contribution >= 4 is 17.5 Å². The fourth-order valence-electron chi connectivity index (χ4n) is 2.29. The highest BCUT2D eigenvalue weighted by molar-refractivity contribution is 6.29. The van der Waals surface area contributed by atoms with Gasteiger partial charge in [0, 0.05) is 11.3 Å². The molecule has 0 saturated carbocycles. The lowest BCUT2D eigenvalue weighted by Gasteiger charge is -2.17. The molecule has 0 saturated heterocycles. The molecule has 0 fully saturated rings. The lowest BCUT2D eigenvalue weighted by Crippen LogP contribution is -2.27. The maximum Gasteiger partial charge on any atom is 0.251 e. The van der Waals surface area contributed by atoms with Crippen LogP contribution in [0.5, 0.6) is 0 Å². The third kappa shape index (κ3) is 3.82. The van der Waals surface area contributed by atoms with Crippen molar-refractivity contribution in [1.82, 2.24) is 10.3 Å². The minimum absolute atomic E-state index is 0.0595. The molecule has 3 nitrogen and oxygen atoms in total. The third-order valence-corrected chi connectivity index (χ3v) is 3.67. The van der Waals surface area contributed by atoms with Gasteiger partial charge < -0.3 is 5.32 Å². The van der Waals surface area contributed by atoms with Gasteiger partial charge >= 0.3 is 0 Å². The Morgan fingerprint density at radius 3 is 2.71 bits per heavy atom. The largest absolute Gasteiger partial charge is 0.346 e. The van der Waals surface area contributed by atoms with Crippen molar-refractivity contribution in [2.24, 2.45) is 0 Å². The molecule has 1 heterocycles. The van der Waals surface area contributed by atoms with Crippen LogP contribution < -0.4 is 5.32 Å². The zero-order valence-electron chi connectivity index (χ0n) is 12.5. The van der Waals surface area contributed by atoms with Crippen LogP contribution in [-0.4, -0.2) is 10.9 Å². The van der Waals surface area contributed by atoms with Crippen LogP contribution in [0.4, 0.5) is 0 Å². The van der Waals surface area contributed by atoms with E-state index in [2.05, 4.69) is 10.3 Å². The van der Waals surface area contributed by atoms with E-state index in [1.54, 1.807) is 12.1 Å². The normalized spacial score (nSPS) is 12.0. The van der Waals surface area contributed by atoms with Crippen molar-refractivity contribution in [3.8, 4) is 0 Å². The third-order valence-electron chi connectivity index (χ3n) is 3.47. The molecule has 0 radical (unpaired) electrons. The van der Waals surface area contributed by atoms with Crippen LogP contribution in [0.2, 0.25) is 5.15 Å². The Bertz CT molecular complexity index is 655. The lowest BCUT2D eigenvalue weighted by molar-refractivity contribution is 0.0939. The van der Waals surface area contributed by atoms with Crippen molar-refractivity contribution < 1.29 is 4.79 Å². The Kier molecular flexibility index (Phi) is 4.97. The molecule has 4 heteroatoms. The Hall–Kier alpha value is -1.87. The summed E-state index contributed by atoms with van der Waals surface area (Å²) >= 11 is 5.96. The van der Waals surface area contributed by atoms with Gasteiger partial charge in [0.05, 0.1) is 6.04 Å². The van der Waals surface area contributed by atoms with Gasteiger partial charge in [0.25, 0.3) is 5.91 Å². The van der Waals surface area contributed by atoms with E-state index in [9.17, 15) is 4.79 Å². The molecular weight excluding hydrogens is 284 g/mol. The van der Waals surface area contributed by atoms with Crippen LogP contribution >= 0.6 is 11.6 Å². The molecule has 0 aliphatic rings. The van der Waals surface area contributed by atoms with Gasteiger partial charge in [0.15, 0.2) is 0 Å². The summed E-state index contributed by atoms with van der Waals surface area (Å²) in [5.41, 5.74) is 3.64. The molecule has 2 rings (SSSR count). The number of rotatable bonds is 4. The highest BCUT2D eigenvalue weighted by Crippen LogP contribution is 2.18. The van der Waals surface area contributed by atoms with E-state index in [1.165, 1.54) is 0 Å². The molecule has 2 aromatic rings. The second-order valence-corrected chi connectivity index (χ2v) is 5.46. The first-order chi connectivity index (χ1) is 10.0. The van der Waals surface area contributed by atoms with Gasteiger partial charge in [0.1, 0.15) is 5.15 Å². The summed E-state index contributed by atoms with van der Waals surface area (Å²) in [4.78, 5) is 16.5. The van der Waals surface area contributed by atoms with E-state index in [1.807, 2.05) is 45.0 Å². The number of nitrogens with zero attached hydrogens (tertiary/aromatic N) is 1. The summed E-state index contributed by atoms with van der Waals surface area (Å²) in [6.07, 6.45) is 0.744. The van der Waals surface area contributed by atoms with Gasteiger partial charge in [-0.2, -0.15) is 0 Å². The van der Waals surface area contributed by atoms with E-state index in [4.69, 9.17) is 11.6 Å². The smallest absolute Gasteiger partial charge is 0.251 e. The standard InChI is InChI=1S/C17H19ClN2O/c1-4-14-9-13(10-16(18)20-14)17(21)19-12(3)15-8-6-5-7-11(15)2/h5-10,12H,4H2,1-3H3,(H,19,21). The predicted molar refractivity (Wildman–Crippen MR) is 85.7 cm³/mol. The Morgan fingerprint density at radius 2 is 2.05 bits per heavy atom. The van der Waals surface area contributed by atoms with Crippen molar-refractivity contribution in [3.63, 3.8) is 0 Å². The molecule has 0 aliphatic heterocycles. The fourth-order valence-corrected chi connectivity index (χ4v) is 2.52. The van der Waals surface area contributed by atoms with Crippen LogP contribution in [0.15, 0.2) is 36.4 Å². The van der Waals surface area contributed by atoms with E-state index in [0.717, 1.165) is 23.2 Å². The zero-order valence-corrected chi connectivity index (χ0v) is 13.2. The van der Waals surface area contributed by atoms with E-state index < -0.39 is 0 Å². The first-order valence-corrected chi connectivity index (χ1v) is 7.42. The maximum absolute atomic E-state index is 12.4. The van der Waals surface area contributed by atoms with Crippen LogP contribution in [0.3, 0.4) is 0 Å². The van der Waals surface area contributed by atoms with Gasteiger partial charge in [0.2, 0.25) is 0 Å². The maximum atomic E-state index is 12.4. The average Bonchev–Trinajstić information content (AvgIpc) is 2.46. The number of halogens is 1. The minimum Gasteiger partial charge on any atom is -0.346 e. The molecular formula is C17H19ClN2O. The quantitative estimate of drug-likeness (QED) is 0.864. The highest BCUT2D eigenvalue weighted by atomic mass is 35.5. The number of hydrogen-bond donors (Lipinski definition) is 1. The number of carbonyl (C=O) groups is 1. The van der Waals surface area contributed by atoms with Crippen LogP contribution in [-0.2, 0) is 6.42 Å². The first-order valence-electron chi connectivity index (χ1n) is 7.04. The molecule has 0 bridgehead atoms. The first kappa shape index (κ1) is 15.5. The number of aromatic nitrogens is 1. The minimum atomic E-state index is -0.134. The van der Waals surface area contributed by atoms with Crippen LogP contribution in [0, 0.1) is 6.92 Å². The van der Waals surface area contributed by atoms with Crippen LogP contribution in [0.1, 0.15) is 47.1 Å². The molecule has 21 heavy (non-hydrogen) atoms. The van der Waals surface area contributed by atoms with Gasteiger partial charge in [-0.05, 0) is 43.5 Å². The second kappa shape index (κ2) is 6.72. The Morgan fingerprint density at radius 1 is 1.33 bits per heavy atom. The van der Waals surface area contributed by atoms with E-state index in [-0.39, 0.29) is 11.9 Å². The monoisotopic (exact) mass is 302 g/mol. The van der Waals surface area contributed by atoms with Gasteiger partial charge in [-0.25, -0.2) is 4.98 Å². The number of carbonyl (C=O) groups excluding carboxylic acids is 1. The molecule has 1 amide bonds.